The van der Waals surface area contributed by atoms with E-state index < -0.39 is 0 Å². The third kappa shape index (κ3) is 1.91. The van der Waals surface area contributed by atoms with E-state index in [2.05, 4.69) is 11.7 Å². The maximum Gasteiger partial charge on any atom is 0.0617 e. The first-order valence-electron chi connectivity index (χ1n) is 3.59. The van der Waals surface area contributed by atoms with Crippen LogP contribution in [0.3, 0.4) is 0 Å². The molecule has 0 spiro atoms. The Balaban J connectivity index is 2.76. The van der Waals surface area contributed by atoms with Crippen LogP contribution in [0.15, 0.2) is 24.4 Å². The Morgan fingerprint density at radius 2 is 2.55 bits per heavy atom. The summed E-state index contributed by atoms with van der Waals surface area (Å²) in [5.74, 6) is 0. The van der Waals surface area contributed by atoms with Gasteiger partial charge in [0.15, 0.2) is 0 Å². The fourth-order valence-corrected chi connectivity index (χ4v) is 0.931. The Morgan fingerprint density at radius 1 is 1.82 bits per heavy atom. The molecule has 0 fully saturated rings. The highest BCUT2D eigenvalue weighted by atomic mass is 15.3. The molecule has 0 aliphatic rings. The fourth-order valence-electron chi connectivity index (χ4n) is 0.931. The fraction of sp³-hybridized carbons (Fsp3) is 0.375. The van der Waals surface area contributed by atoms with E-state index in [9.17, 15) is 0 Å². The molecule has 1 heterocycles. The van der Waals surface area contributed by atoms with E-state index in [4.69, 9.17) is 5.73 Å². The van der Waals surface area contributed by atoms with E-state index in [1.807, 2.05) is 17.7 Å². The molecule has 0 saturated heterocycles. The van der Waals surface area contributed by atoms with Gasteiger partial charge < -0.3 is 5.73 Å². The molecule has 1 rings (SSSR count). The van der Waals surface area contributed by atoms with Crippen molar-refractivity contribution in [2.24, 2.45) is 5.73 Å². The van der Waals surface area contributed by atoms with Crippen LogP contribution in [0.25, 0.3) is 0 Å². The van der Waals surface area contributed by atoms with Crippen LogP contribution in [0.2, 0.25) is 0 Å². The van der Waals surface area contributed by atoms with E-state index >= 15 is 0 Å². The van der Waals surface area contributed by atoms with Gasteiger partial charge in [0.05, 0.1) is 12.2 Å². The zero-order valence-corrected chi connectivity index (χ0v) is 6.75. The summed E-state index contributed by atoms with van der Waals surface area (Å²) in [7, 11) is 0. The molecule has 1 aromatic rings. The second-order valence-electron chi connectivity index (χ2n) is 2.64. The monoisotopic (exact) mass is 151 g/mol. The zero-order valence-electron chi connectivity index (χ0n) is 6.75. The smallest absolute Gasteiger partial charge is 0.0617 e. The van der Waals surface area contributed by atoms with Crippen molar-refractivity contribution in [2.75, 3.05) is 0 Å². The van der Waals surface area contributed by atoms with Crippen LogP contribution in [0.1, 0.15) is 12.6 Å². The van der Waals surface area contributed by atoms with Crippen molar-refractivity contribution in [3.05, 3.63) is 30.1 Å². The summed E-state index contributed by atoms with van der Waals surface area (Å²) in [5.41, 5.74) is 7.62. The van der Waals surface area contributed by atoms with E-state index in [1.165, 1.54) is 0 Å². The average Bonchev–Trinajstić information content (AvgIpc) is 2.34. The van der Waals surface area contributed by atoms with Crippen LogP contribution in [0.4, 0.5) is 0 Å². The van der Waals surface area contributed by atoms with E-state index in [0.29, 0.717) is 6.54 Å². The Bertz CT molecular complexity index is 250. The van der Waals surface area contributed by atoms with Crippen LogP contribution in [-0.4, -0.2) is 9.78 Å². The molecular weight excluding hydrogens is 138 g/mol. The number of nitrogens with two attached hydrogens (primary N) is 1. The lowest BCUT2D eigenvalue weighted by atomic mass is 10.3. The summed E-state index contributed by atoms with van der Waals surface area (Å²) < 4.78 is 1.86. The first-order valence-corrected chi connectivity index (χ1v) is 3.59. The summed E-state index contributed by atoms with van der Waals surface area (Å²) in [6.07, 6.45) is 1.76. The summed E-state index contributed by atoms with van der Waals surface area (Å²) in [6.45, 7) is 7.08. The molecule has 0 bridgehead atoms. The van der Waals surface area contributed by atoms with E-state index in [-0.39, 0.29) is 0 Å². The highest BCUT2D eigenvalue weighted by molar-refractivity contribution is 5.02. The lowest BCUT2D eigenvalue weighted by Gasteiger charge is -2.03. The molecule has 3 nitrogen and oxygen atoms in total. The Hall–Kier alpha value is -1.09. The van der Waals surface area contributed by atoms with Gasteiger partial charge >= 0.3 is 0 Å². The molecule has 0 aliphatic carbocycles. The van der Waals surface area contributed by atoms with Crippen LogP contribution >= 0.6 is 0 Å². The number of aromatic nitrogens is 2. The van der Waals surface area contributed by atoms with Crippen molar-refractivity contribution in [2.45, 2.75) is 20.0 Å². The second-order valence-corrected chi connectivity index (χ2v) is 2.64. The molecule has 2 N–H and O–H groups in total. The number of rotatable bonds is 3. The minimum absolute atomic E-state index is 0.535. The van der Waals surface area contributed by atoms with Gasteiger partial charge in [0.2, 0.25) is 0 Å². The minimum Gasteiger partial charge on any atom is -0.325 e. The lowest BCUT2D eigenvalue weighted by molar-refractivity contribution is 0.639. The van der Waals surface area contributed by atoms with Gasteiger partial charge in [-0.15, -0.1) is 0 Å². The molecule has 3 heteroatoms. The van der Waals surface area contributed by atoms with Gasteiger partial charge in [0, 0.05) is 12.7 Å². The van der Waals surface area contributed by atoms with Gasteiger partial charge in [-0.25, -0.2) is 0 Å². The molecule has 0 amide bonds. The van der Waals surface area contributed by atoms with Crippen molar-refractivity contribution < 1.29 is 0 Å². The summed E-state index contributed by atoms with van der Waals surface area (Å²) in [6, 6.07) is 1.92. The first kappa shape index (κ1) is 8.01. The maximum atomic E-state index is 5.48. The number of allylic oxidation sites excluding steroid dienone is 1. The van der Waals surface area contributed by atoms with Crippen molar-refractivity contribution in [3.63, 3.8) is 0 Å². The quantitative estimate of drug-likeness (QED) is 0.653. The standard InChI is InChI=1S/C8H13N3/c1-7(2)6-11-8(5-9)3-4-10-11/h3-4H,1,5-6,9H2,2H3. The predicted molar refractivity (Wildman–Crippen MR) is 44.9 cm³/mol. The van der Waals surface area contributed by atoms with Crippen LogP contribution < -0.4 is 5.73 Å². The van der Waals surface area contributed by atoms with E-state index in [1.54, 1.807) is 6.20 Å². The number of hydrogen-bond donors (Lipinski definition) is 1. The first-order chi connectivity index (χ1) is 5.24. The highest BCUT2D eigenvalue weighted by Gasteiger charge is 1.98. The van der Waals surface area contributed by atoms with Crippen molar-refractivity contribution in [1.82, 2.24) is 9.78 Å². The largest absolute Gasteiger partial charge is 0.325 e. The molecule has 1 aromatic heterocycles. The van der Waals surface area contributed by atoms with Gasteiger partial charge in [-0.05, 0) is 13.0 Å². The van der Waals surface area contributed by atoms with Gasteiger partial charge in [0.1, 0.15) is 0 Å². The van der Waals surface area contributed by atoms with Gasteiger partial charge in [-0.2, -0.15) is 5.10 Å². The molecule has 0 aliphatic heterocycles. The SMILES string of the molecule is C=C(C)Cn1nccc1CN. The van der Waals surface area contributed by atoms with Crippen LogP contribution in [0.5, 0.6) is 0 Å². The Morgan fingerprint density at radius 3 is 3.09 bits per heavy atom. The number of nitrogens with zero attached hydrogens (tertiary/aromatic N) is 2. The van der Waals surface area contributed by atoms with Gasteiger partial charge in [-0.1, -0.05) is 12.2 Å². The third-order valence-electron chi connectivity index (χ3n) is 1.43. The highest BCUT2D eigenvalue weighted by Crippen LogP contribution is 2.00. The molecule has 60 valence electrons. The summed E-state index contributed by atoms with van der Waals surface area (Å²) >= 11 is 0. The molecule has 0 atom stereocenters. The van der Waals surface area contributed by atoms with Crippen molar-refractivity contribution in [3.8, 4) is 0 Å². The van der Waals surface area contributed by atoms with Gasteiger partial charge in [-0.3, -0.25) is 4.68 Å². The minimum atomic E-state index is 0.535. The zero-order chi connectivity index (χ0) is 8.27. The molecular formula is C8H13N3. The van der Waals surface area contributed by atoms with Crippen LogP contribution in [-0.2, 0) is 13.1 Å². The van der Waals surface area contributed by atoms with E-state index in [0.717, 1.165) is 17.8 Å². The third-order valence-corrected chi connectivity index (χ3v) is 1.43. The maximum absolute atomic E-state index is 5.48. The Labute approximate surface area is 66.5 Å². The molecule has 0 aromatic carbocycles. The average molecular weight is 151 g/mol. The molecule has 11 heavy (non-hydrogen) atoms. The summed E-state index contributed by atoms with van der Waals surface area (Å²) in [5, 5.41) is 4.10. The second kappa shape index (κ2) is 3.34. The predicted octanol–water partition coefficient (Wildman–Crippen LogP) is 0.918. The normalized spacial score (nSPS) is 10.0. The lowest BCUT2D eigenvalue weighted by Crippen LogP contribution is -2.09. The number of hydrogen-bond acceptors (Lipinski definition) is 2. The molecule has 0 unspecified atom stereocenters. The van der Waals surface area contributed by atoms with Crippen molar-refractivity contribution in [1.29, 1.82) is 0 Å². The van der Waals surface area contributed by atoms with Gasteiger partial charge in [0.25, 0.3) is 0 Å². The Kier molecular flexibility index (Phi) is 2.44. The molecule has 0 saturated carbocycles. The van der Waals surface area contributed by atoms with Crippen molar-refractivity contribution >= 4 is 0 Å². The van der Waals surface area contributed by atoms with Crippen LogP contribution in [0, 0.1) is 0 Å². The summed E-state index contributed by atoms with van der Waals surface area (Å²) in [4.78, 5) is 0. The topological polar surface area (TPSA) is 43.8 Å². The molecule has 0 radical (unpaired) electrons.